The van der Waals surface area contributed by atoms with E-state index in [1.165, 1.54) is 0 Å². The van der Waals surface area contributed by atoms with Crippen LogP contribution in [0.4, 0.5) is 5.69 Å². The molecule has 5 nitrogen and oxygen atoms in total. The van der Waals surface area contributed by atoms with Crippen molar-refractivity contribution in [2.75, 3.05) is 31.5 Å². The third-order valence-electron chi connectivity index (χ3n) is 3.96. The first kappa shape index (κ1) is 19.7. The zero-order valence-corrected chi connectivity index (χ0v) is 16.4. The van der Waals surface area contributed by atoms with Crippen LogP contribution in [0.15, 0.2) is 36.7 Å². The molecular weight excluding hydrogens is 354 g/mol. The largest absolute Gasteiger partial charge is 0.362 e. The molecule has 7 heteroatoms. The van der Waals surface area contributed by atoms with Gasteiger partial charge in [-0.15, -0.1) is 0 Å². The number of nitrogens with zero attached hydrogens (tertiary/aromatic N) is 3. The van der Waals surface area contributed by atoms with Crippen molar-refractivity contribution in [2.24, 2.45) is 0 Å². The lowest BCUT2D eigenvalue weighted by Crippen LogP contribution is -2.32. The number of thiocarbonyl (C=S) groups is 1. The van der Waals surface area contributed by atoms with Crippen molar-refractivity contribution >= 4 is 34.6 Å². The Bertz CT molecular complexity index is 669. The molecule has 2 rings (SSSR count). The fraction of sp³-hybridized carbons (Fsp3) is 0.444. The number of anilines is 1. The van der Waals surface area contributed by atoms with Gasteiger partial charge >= 0.3 is 0 Å². The second-order valence-electron chi connectivity index (χ2n) is 5.82. The second kappa shape index (κ2) is 10.4. The minimum Gasteiger partial charge on any atom is -0.362 e. The maximum absolute atomic E-state index is 6.01. The smallest absolute Gasteiger partial charge is 0.170 e. The highest BCUT2D eigenvalue weighted by Gasteiger charge is 2.03. The van der Waals surface area contributed by atoms with E-state index in [9.17, 15) is 0 Å². The van der Waals surface area contributed by atoms with Crippen molar-refractivity contribution in [3.8, 4) is 0 Å². The van der Waals surface area contributed by atoms with Crippen LogP contribution < -0.4 is 10.6 Å². The number of halogens is 1. The van der Waals surface area contributed by atoms with Gasteiger partial charge in [0.2, 0.25) is 0 Å². The summed E-state index contributed by atoms with van der Waals surface area (Å²) in [7, 11) is 0. The SMILES string of the molecule is CCN(CC)CCCNC(=S)Nc1cnn(Cc2cccc(Cl)c2)c1. The predicted molar refractivity (Wildman–Crippen MR) is 109 cm³/mol. The molecule has 0 amide bonds. The first-order valence-corrected chi connectivity index (χ1v) is 9.43. The van der Waals surface area contributed by atoms with E-state index >= 15 is 0 Å². The van der Waals surface area contributed by atoms with Crippen molar-refractivity contribution < 1.29 is 0 Å². The summed E-state index contributed by atoms with van der Waals surface area (Å²) in [5.41, 5.74) is 1.99. The van der Waals surface area contributed by atoms with Crippen LogP contribution in [0.5, 0.6) is 0 Å². The Labute approximate surface area is 160 Å². The van der Waals surface area contributed by atoms with Gasteiger partial charge < -0.3 is 15.5 Å². The lowest BCUT2D eigenvalue weighted by molar-refractivity contribution is 0.300. The molecule has 2 aromatic rings. The average Bonchev–Trinajstić information content (AvgIpc) is 3.02. The highest BCUT2D eigenvalue weighted by Crippen LogP contribution is 2.13. The van der Waals surface area contributed by atoms with Crippen LogP contribution >= 0.6 is 23.8 Å². The van der Waals surface area contributed by atoms with E-state index in [2.05, 4.69) is 34.5 Å². The monoisotopic (exact) mass is 379 g/mol. The summed E-state index contributed by atoms with van der Waals surface area (Å²) in [5, 5.41) is 12.1. The minimum atomic E-state index is 0.627. The number of hydrogen-bond donors (Lipinski definition) is 2. The van der Waals surface area contributed by atoms with Crippen molar-refractivity contribution in [3.05, 3.63) is 47.2 Å². The molecule has 0 saturated heterocycles. The van der Waals surface area contributed by atoms with Gasteiger partial charge in [-0.2, -0.15) is 5.10 Å². The van der Waals surface area contributed by atoms with Gasteiger partial charge in [0, 0.05) is 17.8 Å². The van der Waals surface area contributed by atoms with E-state index in [4.69, 9.17) is 23.8 Å². The van der Waals surface area contributed by atoms with Crippen LogP contribution in [0.2, 0.25) is 5.02 Å². The molecule has 0 aliphatic carbocycles. The molecule has 1 aromatic heterocycles. The van der Waals surface area contributed by atoms with Crippen LogP contribution in [0, 0.1) is 0 Å². The summed E-state index contributed by atoms with van der Waals surface area (Å²) in [6.07, 6.45) is 4.77. The van der Waals surface area contributed by atoms with Gasteiger partial charge in [0.15, 0.2) is 5.11 Å². The lowest BCUT2D eigenvalue weighted by Gasteiger charge is -2.18. The fourth-order valence-electron chi connectivity index (χ4n) is 2.56. The quantitative estimate of drug-likeness (QED) is 0.514. The summed E-state index contributed by atoms with van der Waals surface area (Å²) >= 11 is 11.4. The predicted octanol–water partition coefficient (Wildman–Crippen LogP) is 3.60. The molecule has 1 aromatic carbocycles. The molecule has 25 heavy (non-hydrogen) atoms. The zero-order valence-electron chi connectivity index (χ0n) is 14.8. The standard InChI is InChI=1S/C18H26ClN5S/c1-3-23(4-2)10-6-9-20-18(25)22-17-12-21-24(14-17)13-15-7-5-8-16(19)11-15/h5,7-8,11-12,14H,3-4,6,9-10,13H2,1-2H3,(H2,20,22,25). The maximum Gasteiger partial charge on any atom is 0.170 e. The number of rotatable bonds is 9. The van der Waals surface area contributed by atoms with Gasteiger partial charge in [0.1, 0.15) is 0 Å². The highest BCUT2D eigenvalue weighted by atomic mass is 35.5. The van der Waals surface area contributed by atoms with Crippen molar-refractivity contribution in [2.45, 2.75) is 26.8 Å². The molecule has 0 atom stereocenters. The van der Waals surface area contributed by atoms with Gasteiger partial charge in [-0.25, -0.2) is 0 Å². The lowest BCUT2D eigenvalue weighted by atomic mass is 10.2. The number of aromatic nitrogens is 2. The van der Waals surface area contributed by atoms with Gasteiger partial charge in [0.05, 0.1) is 18.4 Å². The van der Waals surface area contributed by atoms with Crippen LogP contribution in [-0.4, -0.2) is 46.0 Å². The zero-order chi connectivity index (χ0) is 18.1. The summed E-state index contributed by atoms with van der Waals surface area (Å²) in [5.74, 6) is 0. The van der Waals surface area contributed by atoms with Gasteiger partial charge in [-0.3, -0.25) is 4.68 Å². The van der Waals surface area contributed by atoms with E-state index in [-0.39, 0.29) is 0 Å². The normalized spacial score (nSPS) is 10.9. The molecule has 0 spiro atoms. The third-order valence-corrected chi connectivity index (χ3v) is 4.44. The van der Waals surface area contributed by atoms with E-state index < -0.39 is 0 Å². The average molecular weight is 380 g/mol. The first-order valence-electron chi connectivity index (χ1n) is 8.64. The van der Waals surface area contributed by atoms with Crippen LogP contribution in [0.1, 0.15) is 25.8 Å². The molecule has 1 heterocycles. The van der Waals surface area contributed by atoms with Crippen LogP contribution in [-0.2, 0) is 6.54 Å². The summed E-state index contributed by atoms with van der Waals surface area (Å²) in [6, 6.07) is 7.78. The number of benzene rings is 1. The summed E-state index contributed by atoms with van der Waals surface area (Å²) in [6.45, 7) is 9.16. The molecule has 0 aliphatic heterocycles. The Morgan fingerprint density at radius 2 is 2.12 bits per heavy atom. The van der Waals surface area contributed by atoms with Crippen LogP contribution in [0.25, 0.3) is 0 Å². The van der Waals surface area contributed by atoms with Gasteiger partial charge in [-0.05, 0) is 56.0 Å². The Hall–Kier alpha value is -1.63. The number of nitrogens with one attached hydrogen (secondary N) is 2. The molecular formula is C18H26ClN5S. The molecule has 0 bridgehead atoms. The summed E-state index contributed by atoms with van der Waals surface area (Å²) < 4.78 is 1.86. The van der Waals surface area contributed by atoms with Crippen molar-refractivity contribution in [1.82, 2.24) is 20.0 Å². The fourth-order valence-corrected chi connectivity index (χ4v) is 2.99. The molecule has 0 fully saturated rings. The summed E-state index contributed by atoms with van der Waals surface area (Å²) in [4.78, 5) is 2.40. The van der Waals surface area contributed by atoms with Gasteiger partial charge in [-0.1, -0.05) is 37.6 Å². The Morgan fingerprint density at radius 3 is 2.84 bits per heavy atom. The Morgan fingerprint density at radius 1 is 1.32 bits per heavy atom. The highest BCUT2D eigenvalue weighted by molar-refractivity contribution is 7.80. The molecule has 2 N–H and O–H groups in total. The molecule has 0 aliphatic rings. The van der Waals surface area contributed by atoms with Gasteiger partial charge in [0.25, 0.3) is 0 Å². The van der Waals surface area contributed by atoms with E-state index in [1.807, 2.05) is 35.1 Å². The molecule has 136 valence electrons. The van der Waals surface area contributed by atoms with Crippen molar-refractivity contribution in [3.63, 3.8) is 0 Å². The Kier molecular flexibility index (Phi) is 8.18. The topological polar surface area (TPSA) is 45.1 Å². The molecule has 0 radical (unpaired) electrons. The maximum atomic E-state index is 6.01. The van der Waals surface area contributed by atoms with E-state index in [0.717, 1.165) is 48.9 Å². The van der Waals surface area contributed by atoms with Crippen LogP contribution in [0.3, 0.4) is 0 Å². The molecule has 0 saturated carbocycles. The first-order chi connectivity index (χ1) is 12.1. The van der Waals surface area contributed by atoms with E-state index in [1.54, 1.807) is 6.20 Å². The number of hydrogen-bond acceptors (Lipinski definition) is 3. The molecule has 0 unspecified atom stereocenters. The van der Waals surface area contributed by atoms with E-state index in [0.29, 0.717) is 11.7 Å². The minimum absolute atomic E-state index is 0.627. The van der Waals surface area contributed by atoms with Crippen molar-refractivity contribution in [1.29, 1.82) is 0 Å². The third kappa shape index (κ3) is 7.02. The second-order valence-corrected chi connectivity index (χ2v) is 6.66. The Balaban J connectivity index is 1.74.